The van der Waals surface area contributed by atoms with Gasteiger partial charge in [0.15, 0.2) is 0 Å². The lowest BCUT2D eigenvalue weighted by molar-refractivity contribution is -0.118. The maximum Gasteiger partial charge on any atom is 0.255 e. The highest BCUT2D eigenvalue weighted by atomic mass is 16.2. The van der Waals surface area contributed by atoms with Crippen LogP contribution in [0.15, 0.2) is 54.6 Å². The van der Waals surface area contributed by atoms with Gasteiger partial charge in [0, 0.05) is 36.3 Å². The molecule has 148 valence electrons. The van der Waals surface area contributed by atoms with Crippen molar-refractivity contribution in [1.29, 1.82) is 5.26 Å². The van der Waals surface area contributed by atoms with Crippen molar-refractivity contribution in [3.63, 3.8) is 0 Å². The molecule has 0 fully saturated rings. The minimum atomic E-state index is -0.456. The topological polar surface area (TPSA) is 116 Å². The molecule has 0 atom stereocenters. The fraction of sp³-hybridized carbons (Fsp3) is 0.130. The first kappa shape index (κ1) is 19.2. The molecule has 3 aromatic carbocycles. The van der Waals surface area contributed by atoms with Crippen LogP contribution in [0.2, 0.25) is 0 Å². The lowest BCUT2D eigenvalue weighted by Gasteiger charge is -2.14. The Morgan fingerprint density at radius 2 is 1.93 bits per heavy atom. The SMILES string of the molecule is N#Cc1cccc(NC(=O)c2ccc3ccc4c(c3c2)CN(CCC(N)=O)C4=O)c1. The number of carbonyl (C=O) groups is 3. The Balaban J connectivity index is 1.64. The summed E-state index contributed by atoms with van der Waals surface area (Å²) in [6.07, 6.45) is 0.104. The van der Waals surface area contributed by atoms with Gasteiger partial charge in [-0.2, -0.15) is 5.26 Å². The molecule has 0 bridgehead atoms. The molecule has 0 saturated heterocycles. The Labute approximate surface area is 172 Å². The fourth-order valence-corrected chi connectivity index (χ4v) is 3.62. The summed E-state index contributed by atoms with van der Waals surface area (Å²) < 4.78 is 0. The lowest BCUT2D eigenvalue weighted by atomic mass is 9.98. The maximum absolute atomic E-state index is 12.7. The highest BCUT2D eigenvalue weighted by Crippen LogP contribution is 2.31. The van der Waals surface area contributed by atoms with Crippen molar-refractivity contribution in [1.82, 2.24) is 4.90 Å². The van der Waals surface area contributed by atoms with Crippen LogP contribution in [-0.4, -0.2) is 29.2 Å². The van der Waals surface area contributed by atoms with Gasteiger partial charge in [0.25, 0.3) is 11.8 Å². The summed E-state index contributed by atoms with van der Waals surface area (Å²) in [7, 11) is 0. The average molecular weight is 398 g/mol. The number of hydrogen-bond donors (Lipinski definition) is 2. The van der Waals surface area contributed by atoms with Crippen molar-refractivity contribution in [2.75, 3.05) is 11.9 Å². The molecule has 1 aliphatic heterocycles. The summed E-state index contributed by atoms with van der Waals surface area (Å²) in [6, 6.07) is 17.7. The van der Waals surface area contributed by atoms with E-state index in [0.29, 0.717) is 28.9 Å². The molecule has 3 N–H and O–H groups in total. The van der Waals surface area contributed by atoms with Crippen LogP contribution in [0, 0.1) is 11.3 Å². The van der Waals surface area contributed by atoms with Gasteiger partial charge in [-0.3, -0.25) is 14.4 Å². The monoisotopic (exact) mass is 398 g/mol. The van der Waals surface area contributed by atoms with E-state index < -0.39 is 5.91 Å². The Bertz CT molecular complexity index is 1240. The number of nitrogens with one attached hydrogen (secondary N) is 1. The molecule has 1 heterocycles. The van der Waals surface area contributed by atoms with Crippen LogP contribution < -0.4 is 11.1 Å². The summed E-state index contributed by atoms with van der Waals surface area (Å²) in [5.41, 5.74) is 8.05. The number of carbonyl (C=O) groups excluding carboxylic acids is 3. The Kier molecular flexibility index (Phi) is 4.90. The minimum Gasteiger partial charge on any atom is -0.370 e. The predicted octanol–water partition coefficient (Wildman–Crippen LogP) is 2.79. The van der Waals surface area contributed by atoms with Crippen molar-refractivity contribution < 1.29 is 14.4 Å². The van der Waals surface area contributed by atoms with E-state index in [-0.39, 0.29) is 24.8 Å². The van der Waals surface area contributed by atoms with Crippen LogP contribution in [0.3, 0.4) is 0 Å². The molecule has 0 unspecified atom stereocenters. The average Bonchev–Trinajstić information content (AvgIpc) is 3.08. The second-order valence-corrected chi connectivity index (χ2v) is 7.12. The van der Waals surface area contributed by atoms with E-state index in [0.717, 1.165) is 16.3 Å². The first-order valence-corrected chi connectivity index (χ1v) is 9.41. The van der Waals surface area contributed by atoms with Crippen LogP contribution >= 0.6 is 0 Å². The Hall–Kier alpha value is -4.18. The van der Waals surface area contributed by atoms with Gasteiger partial charge in [-0.15, -0.1) is 0 Å². The summed E-state index contributed by atoms with van der Waals surface area (Å²) in [4.78, 5) is 38.1. The molecule has 0 saturated carbocycles. The number of hydrogen-bond acceptors (Lipinski definition) is 4. The van der Waals surface area contributed by atoms with Crippen LogP contribution in [0.1, 0.15) is 38.3 Å². The van der Waals surface area contributed by atoms with Crippen LogP contribution in [-0.2, 0) is 11.3 Å². The molecule has 30 heavy (non-hydrogen) atoms. The Morgan fingerprint density at radius 3 is 2.70 bits per heavy atom. The fourth-order valence-electron chi connectivity index (χ4n) is 3.62. The number of amides is 3. The van der Waals surface area contributed by atoms with E-state index in [1.54, 1.807) is 47.4 Å². The van der Waals surface area contributed by atoms with Gasteiger partial charge in [-0.25, -0.2) is 0 Å². The van der Waals surface area contributed by atoms with Crippen molar-refractivity contribution in [2.45, 2.75) is 13.0 Å². The molecule has 7 heteroatoms. The maximum atomic E-state index is 12.7. The second kappa shape index (κ2) is 7.68. The molecular formula is C23H18N4O3. The zero-order valence-corrected chi connectivity index (χ0v) is 16.0. The summed E-state index contributed by atoms with van der Waals surface area (Å²) >= 11 is 0. The molecule has 0 spiro atoms. The normalized spacial score (nSPS) is 12.5. The standard InChI is InChI=1S/C23H18N4O3/c24-12-14-2-1-3-17(10-14)26-22(29)16-5-4-15-6-7-18-20(19(15)11-16)13-27(23(18)30)9-8-21(25)28/h1-7,10-11H,8-9,13H2,(H2,25,28)(H,26,29). The third-order valence-electron chi connectivity index (χ3n) is 5.14. The molecule has 4 rings (SSSR count). The number of anilines is 1. The summed E-state index contributed by atoms with van der Waals surface area (Å²) in [5.74, 6) is -0.904. The van der Waals surface area contributed by atoms with Gasteiger partial charge in [0.05, 0.1) is 11.6 Å². The van der Waals surface area contributed by atoms with E-state index in [4.69, 9.17) is 11.0 Å². The van der Waals surface area contributed by atoms with Crippen molar-refractivity contribution in [3.8, 4) is 6.07 Å². The quantitative estimate of drug-likeness (QED) is 0.687. The van der Waals surface area contributed by atoms with Gasteiger partial charge in [0.1, 0.15) is 0 Å². The second-order valence-electron chi connectivity index (χ2n) is 7.12. The van der Waals surface area contributed by atoms with Crippen LogP contribution in [0.25, 0.3) is 10.8 Å². The van der Waals surface area contributed by atoms with Crippen molar-refractivity contribution >= 4 is 34.2 Å². The van der Waals surface area contributed by atoms with E-state index >= 15 is 0 Å². The minimum absolute atomic E-state index is 0.104. The van der Waals surface area contributed by atoms with Gasteiger partial charge >= 0.3 is 0 Å². The molecule has 1 aliphatic rings. The summed E-state index contributed by atoms with van der Waals surface area (Å²) in [5, 5.41) is 13.5. The number of nitrogens with two attached hydrogens (primary N) is 1. The largest absolute Gasteiger partial charge is 0.370 e. The molecule has 0 aliphatic carbocycles. The van der Waals surface area contributed by atoms with Crippen LogP contribution in [0.4, 0.5) is 5.69 Å². The smallest absolute Gasteiger partial charge is 0.255 e. The molecule has 7 nitrogen and oxygen atoms in total. The third-order valence-corrected chi connectivity index (χ3v) is 5.14. The molecular weight excluding hydrogens is 380 g/mol. The van der Waals surface area contributed by atoms with Crippen molar-refractivity contribution in [3.05, 3.63) is 76.9 Å². The zero-order chi connectivity index (χ0) is 21.3. The highest BCUT2D eigenvalue weighted by Gasteiger charge is 2.29. The van der Waals surface area contributed by atoms with E-state index in [1.165, 1.54) is 0 Å². The predicted molar refractivity (Wildman–Crippen MR) is 112 cm³/mol. The molecule has 0 radical (unpaired) electrons. The van der Waals surface area contributed by atoms with Crippen molar-refractivity contribution in [2.24, 2.45) is 5.73 Å². The van der Waals surface area contributed by atoms with E-state index in [2.05, 4.69) is 5.32 Å². The first-order valence-electron chi connectivity index (χ1n) is 9.41. The van der Waals surface area contributed by atoms with Crippen LogP contribution in [0.5, 0.6) is 0 Å². The van der Waals surface area contributed by atoms with Gasteiger partial charge < -0.3 is 16.0 Å². The number of benzene rings is 3. The van der Waals surface area contributed by atoms with Gasteiger partial charge in [-0.05, 0) is 52.7 Å². The van der Waals surface area contributed by atoms with E-state index in [9.17, 15) is 14.4 Å². The van der Waals surface area contributed by atoms with E-state index in [1.807, 2.05) is 18.2 Å². The highest BCUT2D eigenvalue weighted by molar-refractivity contribution is 6.09. The number of primary amides is 1. The molecule has 3 aromatic rings. The number of rotatable bonds is 5. The third kappa shape index (κ3) is 3.59. The van der Waals surface area contributed by atoms with Gasteiger partial charge in [-0.1, -0.05) is 18.2 Å². The van der Waals surface area contributed by atoms with Gasteiger partial charge in [0.2, 0.25) is 5.91 Å². The number of nitrogens with zero attached hydrogens (tertiary/aromatic N) is 2. The number of fused-ring (bicyclic) bond motifs is 3. The molecule has 3 amide bonds. The first-order chi connectivity index (χ1) is 14.5. The molecule has 0 aromatic heterocycles. The zero-order valence-electron chi connectivity index (χ0n) is 16.0. The lowest BCUT2D eigenvalue weighted by Crippen LogP contribution is -2.28. The Morgan fingerprint density at radius 1 is 1.13 bits per heavy atom. The summed E-state index contributed by atoms with van der Waals surface area (Å²) in [6.45, 7) is 0.633. The number of nitriles is 1.